The lowest BCUT2D eigenvalue weighted by molar-refractivity contribution is 0.432. The minimum absolute atomic E-state index is 0.0859. The molecular weight excluding hydrogens is 1290 g/mol. The van der Waals surface area contributed by atoms with Gasteiger partial charge in [-0.15, -0.1) is 0 Å². The van der Waals surface area contributed by atoms with Crippen molar-refractivity contribution in [2.24, 2.45) is 23.7 Å². The van der Waals surface area contributed by atoms with Gasteiger partial charge in [0.15, 0.2) is 0 Å². The van der Waals surface area contributed by atoms with E-state index in [9.17, 15) is 0 Å². The molecule has 0 N–H and O–H groups in total. The van der Waals surface area contributed by atoms with Crippen LogP contribution in [0.15, 0.2) is 288 Å². The Labute approximate surface area is 622 Å². The van der Waals surface area contributed by atoms with Gasteiger partial charge >= 0.3 is 0 Å². The van der Waals surface area contributed by atoms with Crippen molar-refractivity contribution in [1.29, 1.82) is 0 Å². The van der Waals surface area contributed by atoms with E-state index in [0.29, 0.717) is 18.3 Å². The van der Waals surface area contributed by atoms with Gasteiger partial charge in [-0.3, -0.25) is 0 Å². The van der Waals surface area contributed by atoms with E-state index in [1.807, 2.05) is 0 Å². The largest absolute Gasteiger partial charge is 0.206 e. The molecule has 0 radical (unpaired) electrons. The smallest absolute Gasteiger partial charge is 0.139 e. The van der Waals surface area contributed by atoms with Crippen LogP contribution < -0.4 is 5.22 Å². The van der Waals surface area contributed by atoms with E-state index >= 15 is 4.39 Å². The zero-order valence-electron chi connectivity index (χ0n) is 59.6. The fourth-order valence-corrected chi connectivity index (χ4v) is 24.8. The average Bonchev–Trinajstić information content (AvgIpc) is 0.694. The lowest BCUT2D eigenvalue weighted by atomic mass is 9.56. The summed E-state index contributed by atoms with van der Waals surface area (Å²) in [6, 6.07) is 59.2. The van der Waals surface area contributed by atoms with Crippen molar-refractivity contribution in [2.45, 2.75) is 88.4 Å². The van der Waals surface area contributed by atoms with Crippen molar-refractivity contribution in [3.05, 3.63) is 377 Å². The lowest BCUT2D eigenvalue weighted by Crippen LogP contribution is -2.34. The fraction of sp³-hybridized carbons (Fsp3) is 0.170. The predicted octanol–water partition coefficient (Wildman–Crippen LogP) is 26.2. The van der Waals surface area contributed by atoms with Gasteiger partial charge in [-0.1, -0.05) is 267 Å². The Hall–Kier alpha value is -11.5. The van der Waals surface area contributed by atoms with Gasteiger partial charge in [-0.05, 0) is 292 Å². The van der Waals surface area contributed by atoms with Crippen LogP contribution >= 0.6 is 0 Å². The predicted molar refractivity (Wildman–Crippen MR) is 444 cm³/mol. The molecule has 0 spiro atoms. The van der Waals surface area contributed by atoms with Gasteiger partial charge in [0.2, 0.25) is 0 Å². The van der Waals surface area contributed by atoms with Gasteiger partial charge in [0.25, 0.3) is 0 Å². The highest BCUT2D eigenvalue weighted by molar-refractivity contribution is 6.19. The minimum Gasteiger partial charge on any atom is -0.206 e. The molecule has 11 aromatic rings. The number of fused-ring (bicyclic) bond motifs is 10. The molecule has 107 heavy (non-hydrogen) atoms. The Morgan fingerprint density at radius 2 is 1.14 bits per heavy atom. The molecule has 15 aliphatic carbocycles. The normalized spacial score (nSPS) is 23.7. The van der Waals surface area contributed by atoms with Gasteiger partial charge in [0.1, 0.15) is 5.82 Å². The third-order valence-corrected chi connectivity index (χ3v) is 28.7. The second-order valence-corrected chi connectivity index (χ2v) is 33.1. The summed E-state index contributed by atoms with van der Waals surface area (Å²) in [5, 5.41) is 11.8. The van der Waals surface area contributed by atoms with E-state index in [1.54, 1.807) is 5.57 Å². The summed E-state index contributed by atoms with van der Waals surface area (Å²) in [6.07, 6.45) is 56.4. The second kappa shape index (κ2) is 21.4. The van der Waals surface area contributed by atoms with Crippen molar-refractivity contribution in [1.82, 2.24) is 0 Å². The Kier molecular flexibility index (Phi) is 11.7. The summed E-state index contributed by atoms with van der Waals surface area (Å²) in [7, 11) is 0. The van der Waals surface area contributed by atoms with Crippen LogP contribution in [0, 0.1) is 29.5 Å². The number of hydrogen-bond acceptors (Lipinski definition) is 0. The highest BCUT2D eigenvalue weighted by atomic mass is 19.1. The topological polar surface area (TPSA) is 0 Å². The molecule has 11 aromatic carbocycles. The van der Waals surface area contributed by atoms with Gasteiger partial charge in [0, 0.05) is 57.8 Å². The van der Waals surface area contributed by atoms with Crippen molar-refractivity contribution in [2.75, 3.05) is 0 Å². The van der Waals surface area contributed by atoms with Crippen LogP contribution in [0.5, 0.6) is 0 Å². The van der Waals surface area contributed by atoms with Crippen LogP contribution in [0.4, 0.5) is 4.39 Å². The molecule has 0 aliphatic heterocycles. The molecule has 1 heteroatoms. The first kappa shape index (κ1) is 58.7. The zero-order chi connectivity index (χ0) is 69.3. The van der Waals surface area contributed by atoms with Crippen molar-refractivity contribution >= 4 is 88.7 Å². The number of hydrogen-bond donors (Lipinski definition) is 0. The van der Waals surface area contributed by atoms with E-state index in [0.717, 1.165) is 103 Å². The first-order valence-corrected chi connectivity index (χ1v) is 39.9. The van der Waals surface area contributed by atoms with Gasteiger partial charge < -0.3 is 0 Å². The van der Waals surface area contributed by atoms with Crippen LogP contribution in [0.2, 0.25) is 0 Å². The molecule has 0 aromatic heterocycles. The van der Waals surface area contributed by atoms with Gasteiger partial charge in [-0.25, -0.2) is 4.39 Å². The molecular formula is C106H73F. The van der Waals surface area contributed by atoms with E-state index in [4.69, 9.17) is 0 Å². The molecule has 0 fully saturated rings. The van der Waals surface area contributed by atoms with Crippen LogP contribution in [0.25, 0.3) is 133 Å². The number of allylic oxidation sites excluding steroid dienone is 28. The highest BCUT2D eigenvalue weighted by Crippen LogP contribution is 2.65. The average molecular weight is 1370 g/mol. The fourth-order valence-electron chi connectivity index (χ4n) is 24.8. The Morgan fingerprint density at radius 1 is 0.383 bits per heavy atom. The summed E-state index contributed by atoms with van der Waals surface area (Å²) >= 11 is 0. The monoisotopic (exact) mass is 1360 g/mol. The first-order chi connectivity index (χ1) is 53.1. The summed E-state index contributed by atoms with van der Waals surface area (Å²) in [4.78, 5) is 0. The van der Waals surface area contributed by atoms with E-state index in [-0.39, 0.29) is 35.4 Å². The van der Waals surface area contributed by atoms with Crippen molar-refractivity contribution in [3.8, 4) is 44.5 Å². The summed E-state index contributed by atoms with van der Waals surface area (Å²) in [6.45, 7) is 0. The zero-order valence-corrected chi connectivity index (χ0v) is 59.6. The number of benzene rings is 11. The van der Waals surface area contributed by atoms with E-state index < -0.39 is 0 Å². The standard InChI is InChI=1S/C106H73F/c107-106-104(89-54-49-84-69-34-9-24-59-19-4-29-64(94(59)69)74-39-14-44-79(89)99(74)84)102(87-52-47-82-67-32-7-22-57-17-2-27-62(92(57)67)72-37-12-42-77(87)97(72)82)101(86-51-46-81-66-31-6-21-56-16-1-26-61(91(56)66)71-36-11-41-76(86)96(71)81)103(88-53-48-83-68-33-8-23-58-18-3-28-63(93(58)68)73-38-13-43-78(88)98(73)83)105(106)90-55-50-85-70-35-10-25-60-20-5-30-65(95(60)70)75-40-15-45-80(90)100(75)85/h1-7,9-13,15-20,22,24-39,41-43,45,47,50,52-53,55-56,67,75,81,83,92,96H,8,14,21,23,40,44,46,48-49,51,54H2. The van der Waals surface area contributed by atoms with Crippen LogP contribution in [-0.2, 0) is 12.8 Å². The number of aryl methyl sites for hydroxylation is 2. The molecule has 7 atom stereocenters. The maximum atomic E-state index is 22.6. The lowest BCUT2D eigenvalue weighted by Gasteiger charge is -2.47. The van der Waals surface area contributed by atoms with E-state index in [2.05, 4.69) is 267 Å². The summed E-state index contributed by atoms with van der Waals surface area (Å²) < 4.78 is 22.6. The summed E-state index contributed by atoms with van der Waals surface area (Å²) in [5.41, 5.74) is 43.8. The Morgan fingerprint density at radius 3 is 2.09 bits per heavy atom. The molecule has 15 aliphatic rings. The molecule has 0 saturated heterocycles. The van der Waals surface area contributed by atoms with Gasteiger partial charge in [0.05, 0.1) is 0 Å². The molecule has 0 amide bonds. The van der Waals surface area contributed by atoms with E-state index in [1.165, 1.54) is 193 Å². The number of halogens is 1. The maximum Gasteiger partial charge on any atom is 0.139 e. The van der Waals surface area contributed by atoms with Crippen LogP contribution in [-0.4, -0.2) is 0 Å². The quantitative estimate of drug-likeness (QED) is 0.161. The number of rotatable bonds is 5. The maximum absolute atomic E-state index is 22.6. The first-order valence-electron chi connectivity index (χ1n) is 39.9. The Balaban J connectivity index is 0.866. The molecule has 0 saturated carbocycles. The molecule has 504 valence electrons. The SMILES string of the molecule is Fc1c(C2=C3CCC=c4c3c(c3cccc5cccc4c53)CC2)c(-c2ccc3c4c(cccc24)C2=CC=CC4=CC=CC3C42)c(C2=C3C=CC=C4C5=CC=CC6CC=CC(=C56)C(CC2)C43)c(C2=CCC3C4=CCCc5cccc(c54)-c4cccc2c43)c1-c1ccc2c3c1C=CCC3c1cccc3cccc-2c13. The molecule has 26 rings (SSSR count). The van der Waals surface area contributed by atoms with Crippen molar-refractivity contribution < 1.29 is 4.39 Å². The van der Waals surface area contributed by atoms with Gasteiger partial charge in [-0.2, -0.15) is 0 Å². The Bertz CT molecular complexity index is 6780. The minimum atomic E-state index is -0.0859. The third kappa shape index (κ3) is 7.54. The second-order valence-electron chi connectivity index (χ2n) is 33.1. The van der Waals surface area contributed by atoms with Crippen LogP contribution in [0.1, 0.15) is 153 Å². The van der Waals surface area contributed by atoms with Crippen LogP contribution in [0.3, 0.4) is 0 Å². The third-order valence-electron chi connectivity index (χ3n) is 28.7. The highest BCUT2D eigenvalue weighted by Gasteiger charge is 2.48. The molecule has 0 heterocycles. The molecule has 7 unspecified atom stereocenters. The molecule has 0 nitrogen and oxygen atoms in total. The summed E-state index contributed by atoms with van der Waals surface area (Å²) in [5.74, 6) is 1.36. The van der Waals surface area contributed by atoms with Crippen molar-refractivity contribution in [3.63, 3.8) is 0 Å². The molecule has 0 bridgehead atoms.